The third-order valence-electron chi connectivity index (χ3n) is 6.34. The van der Waals surface area contributed by atoms with Crippen LogP contribution >= 0.6 is 0 Å². The molecule has 0 radical (unpaired) electrons. The van der Waals surface area contributed by atoms with Gasteiger partial charge in [0, 0.05) is 24.7 Å². The van der Waals surface area contributed by atoms with Crippen LogP contribution in [0.4, 0.5) is 20.7 Å². The monoisotopic (exact) mass is 477 g/mol. The number of carbonyl (C=O) groups is 1. The summed E-state index contributed by atoms with van der Waals surface area (Å²) in [6, 6.07) is 3.79. The first-order chi connectivity index (χ1) is 15.6. The van der Waals surface area contributed by atoms with Crippen LogP contribution in [0.5, 0.6) is 0 Å². The number of urea groups is 1. The first-order valence-electron chi connectivity index (χ1n) is 10.9. The number of halogens is 1. The van der Waals surface area contributed by atoms with Crippen LogP contribution in [-0.4, -0.2) is 57.3 Å². The minimum absolute atomic E-state index is 0.0154. The van der Waals surface area contributed by atoms with Crippen LogP contribution in [0.15, 0.2) is 18.2 Å². The summed E-state index contributed by atoms with van der Waals surface area (Å²) in [4.78, 5) is 23.0. The van der Waals surface area contributed by atoms with Crippen molar-refractivity contribution in [1.82, 2.24) is 15.3 Å². The van der Waals surface area contributed by atoms with Gasteiger partial charge in [-0.3, -0.25) is 0 Å². The van der Waals surface area contributed by atoms with Crippen LogP contribution in [0.1, 0.15) is 38.4 Å². The van der Waals surface area contributed by atoms with E-state index in [2.05, 4.69) is 20.5 Å². The molecule has 0 aliphatic carbocycles. The molecular weight excluding hydrogens is 449 g/mol. The van der Waals surface area contributed by atoms with E-state index >= 15 is 0 Å². The van der Waals surface area contributed by atoms with Crippen LogP contribution in [0, 0.1) is 5.82 Å². The summed E-state index contributed by atoms with van der Waals surface area (Å²) in [7, 11) is -2.05. The molecule has 178 valence electrons. The van der Waals surface area contributed by atoms with Crippen LogP contribution < -0.4 is 15.5 Å². The summed E-state index contributed by atoms with van der Waals surface area (Å²) in [6.07, 6.45) is 0.804. The lowest BCUT2D eigenvalue weighted by atomic mass is 10.0. The second-order valence-electron chi connectivity index (χ2n) is 8.70. The van der Waals surface area contributed by atoms with Crippen molar-refractivity contribution in [1.29, 1.82) is 0 Å². The van der Waals surface area contributed by atoms with Crippen LogP contribution in [0.25, 0.3) is 11.4 Å². The molecule has 2 aliphatic heterocycles. The van der Waals surface area contributed by atoms with Gasteiger partial charge in [0.1, 0.15) is 16.4 Å². The Bertz CT molecular complexity index is 1200. The van der Waals surface area contributed by atoms with Crippen molar-refractivity contribution < 1.29 is 22.3 Å². The van der Waals surface area contributed by atoms with Gasteiger partial charge in [-0.15, -0.1) is 0 Å². The third kappa shape index (κ3) is 4.04. The number of nitrogens with one attached hydrogen (secondary N) is 2. The molecule has 1 aromatic heterocycles. The van der Waals surface area contributed by atoms with E-state index in [1.807, 2.05) is 6.92 Å². The Labute approximate surface area is 192 Å². The van der Waals surface area contributed by atoms with Gasteiger partial charge in [-0.2, -0.15) is 0 Å². The van der Waals surface area contributed by atoms with E-state index in [-0.39, 0.29) is 23.3 Å². The Morgan fingerprint density at radius 2 is 2.09 bits per heavy atom. The zero-order valence-electron chi connectivity index (χ0n) is 19.1. The number of ether oxygens (including phenoxy) is 1. The summed E-state index contributed by atoms with van der Waals surface area (Å²) in [5.74, 6) is 0.0154. The summed E-state index contributed by atoms with van der Waals surface area (Å²) < 4.78 is 45.1. The van der Waals surface area contributed by atoms with Crippen LogP contribution in [0.3, 0.4) is 0 Å². The minimum atomic E-state index is -3.49. The molecule has 0 saturated carbocycles. The number of amides is 2. The van der Waals surface area contributed by atoms with E-state index in [1.54, 1.807) is 19.9 Å². The molecular formula is C22H28FN5O4S. The molecule has 2 aromatic rings. The summed E-state index contributed by atoms with van der Waals surface area (Å²) in [5.41, 5.74) is 1.45. The normalized spacial score (nSPS) is 20.9. The number of morpholine rings is 1. The van der Waals surface area contributed by atoms with Crippen molar-refractivity contribution in [3.8, 4) is 11.4 Å². The lowest BCUT2D eigenvalue weighted by Crippen LogP contribution is -2.46. The number of hydrogen-bond donors (Lipinski definition) is 2. The Morgan fingerprint density at radius 1 is 1.33 bits per heavy atom. The molecule has 0 bridgehead atoms. The standard InChI is InChI=1S/C22H28FN5O4S/c1-5-14-11-32-9-8-28(14)20-15-12-33(30,31)22(2,3)18(15)26-19(27-20)13-6-7-17(16(23)10-13)25-21(29)24-4/h6-7,10,14H,5,8-9,11-12H2,1-4H3,(H2,24,25,29)/t14-/m0/s1. The zero-order valence-corrected chi connectivity index (χ0v) is 19.9. The molecule has 1 atom stereocenters. The first kappa shape index (κ1) is 23.4. The van der Waals surface area contributed by atoms with Crippen molar-refractivity contribution in [2.75, 3.05) is 37.0 Å². The zero-order chi connectivity index (χ0) is 24.0. The number of sulfone groups is 1. The predicted octanol–water partition coefficient (Wildman–Crippen LogP) is 2.81. The quantitative estimate of drug-likeness (QED) is 0.696. The molecule has 1 saturated heterocycles. The fraction of sp³-hybridized carbons (Fsp3) is 0.500. The van der Waals surface area contributed by atoms with Crippen molar-refractivity contribution >= 4 is 27.4 Å². The molecule has 2 N–H and O–H groups in total. The van der Waals surface area contributed by atoms with E-state index in [0.29, 0.717) is 42.4 Å². The van der Waals surface area contributed by atoms with Gasteiger partial charge in [0.25, 0.3) is 0 Å². The first-order valence-corrected chi connectivity index (χ1v) is 12.5. The minimum Gasteiger partial charge on any atom is -0.377 e. The molecule has 33 heavy (non-hydrogen) atoms. The van der Waals surface area contributed by atoms with Crippen molar-refractivity contribution in [2.24, 2.45) is 0 Å². The molecule has 2 aliphatic rings. The Kier molecular flexibility index (Phi) is 6.04. The molecule has 0 spiro atoms. The van der Waals surface area contributed by atoms with E-state index in [0.717, 1.165) is 6.42 Å². The highest BCUT2D eigenvalue weighted by molar-refractivity contribution is 7.91. The highest BCUT2D eigenvalue weighted by atomic mass is 32.2. The van der Waals surface area contributed by atoms with E-state index in [4.69, 9.17) is 9.72 Å². The number of anilines is 2. The molecule has 3 heterocycles. The second-order valence-corrected chi connectivity index (χ2v) is 11.2. The van der Waals surface area contributed by atoms with Crippen molar-refractivity contribution in [2.45, 2.75) is 43.7 Å². The van der Waals surface area contributed by atoms with Crippen molar-refractivity contribution in [3.63, 3.8) is 0 Å². The fourth-order valence-corrected chi connectivity index (χ4v) is 5.67. The molecule has 2 amide bonds. The summed E-state index contributed by atoms with van der Waals surface area (Å²) in [5, 5.41) is 4.78. The maximum Gasteiger partial charge on any atom is 0.319 e. The average molecular weight is 478 g/mol. The van der Waals surface area contributed by atoms with E-state index in [9.17, 15) is 17.6 Å². The highest BCUT2D eigenvalue weighted by Gasteiger charge is 2.48. The molecule has 0 unspecified atom stereocenters. The number of rotatable bonds is 4. The summed E-state index contributed by atoms with van der Waals surface area (Å²) in [6.45, 7) is 6.93. The van der Waals surface area contributed by atoms with Crippen molar-refractivity contribution in [3.05, 3.63) is 35.3 Å². The fourth-order valence-electron chi connectivity index (χ4n) is 4.20. The van der Waals surface area contributed by atoms with Gasteiger partial charge in [-0.1, -0.05) is 6.92 Å². The number of hydrogen-bond acceptors (Lipinski definition) is 7. The number of fused-ring (bicyclic) bond motifs is 1. The van der Waals surface area contributed by atoms with Gasteiger partial charge in [-0.05, 0) is 38.5 Å². The topological polar surface area (TPSA) is 114 Å². The van der Waals surface area contributed by atoms with Gasteiger partial charge in [0.2, 0.25) is 0 Å². The molecule has 1 fully saturated rings. The maximum absolute atomic E-state index is 14.7. The van der Waals surface area contributed by atoms with Crippen LogP contribution in [-0.2, 0) is 25.1 Å². The van der Waals surface area contributed by atoms with E-state index < -0.39 is 26.4 Å². The Balaban J connectivity index is 1.86. The number of carbonyl (C=O) groups excluding carboxylic acids is 1. The Morgan fingerprint density at radius 3 is 2.76 bits per heavy atom. The summed E-state index contributed by atoms with van der Waals surface area (Å²) >= 11 is 0. The smallest absolute Gasteiger partial charge is 0.319 e. The largest absolute Gasteiger partial charge is 0.377 e. The van der Waals surface area contributed by atoms with E-state index in [1.165, 1.54) is 19.2 Å². The number of benzene rings is 1. The lowest BCUT2D eigenvalue weighted by molar-refractivity contribution is 0.0925. The van der Waals surface area contributed by atoms with Gasteiger partial charge in [0.05, 0.1) is 36.4 Å². The van der Waals surface area contributed by atoms with Gasteiger partial charge < -0.3 is 20.3 Å². The van der Waals surface area contributed by atoms with Gasteiger partial charge >= 0.3 is 6.03 Å². The van der Waals surface area contributed by atoms with Gasteiger partial charge in [-0.25, -0.2) is 27.6 Å². The third-order valence-corrected chi connectivity index (χ3v) is 8.76. The molecule has 11 heteroatoms. The number of aromatic nitrogens is 2. The average Bonchev–Trinajstić information content (AvgIpc) is 2.98. The predicted molar refractivity (Wildman–Crippen MR) is 123 cm³/mol. The SMILES string of the molecule is CC[C@H]1COCCN1c1nc(-c2ccc(NC(=O)NC)c(F)c2)nc2c1CS(=O)(=O)C2(C)C. The molecule has 1 aromatic carbocycles. The molecule has 9 nitrogen and oxygen atoms in total. The Hall–Kier alpha value is -2.79. The van der Waals surface area contributed by atoms with Gasteiger partial charge in [0.15, 0.2) is 15.7 Å². The lowest BCUT2D eigenvalue weighted by Gasteiger charge is -2.37. The highest BCUT2D eigenvalue weighted by Crippen LogP contribution is 2.45. The molecule has 4 rings (SSSR count). The second kappa shape index (κ2) is 8.53. The van der Waals surface area contributed by atoms with Crippen LogP contribution in [0.2, 0.25) is 0 Å². The number of nitrogens with zero attached hydrogens (tertiary/aromatic N) is 3. The maximum atomic E-state index is 14.7.